The van der Waals surface area contributed by atoms with Crippen LogP contribution < -0.4 is 10.1 Å². The number of nitrogens with zero attached hydrogens (tertiary/aromatic N) is 1. The monoisotopic (exact) mass is 380 g/mol. The molecule has 0 aromatic heterocycles. The van der Waals surface area contributed by atoms with Crippen molar-refractivity contribution in [3.63, 3.8) is 0 Å². The van der Waals surface area contributed by atoms with Crippen molar-refractivity contribution >= 4 is 17.7 Å². The number of carbonyl (C=O) groups excluding carboxylic acids is 3. The van der Waals surface area contributed by atoms with E-state index in [-0.39, 0.29) is 42.2 Å². The minimum atomic E-state index is -0.997. The Morgan fingerprint density at radius 3 is 2.56 bits per heavy atom. The first-order valence-corrected chi connectivity index (χ1v) is 9.03. The maximum Gasteiger partial charge on any atom is 0.230 e. The molecule has 2 aliphatic rings. The van der Waals surface area contributed by atoms with Gasteiger partial charge in [0.15, 0.2) is 11.6 Å². The first-order valence-electron chi connectivity index (χ1n) is 9.03. The van der Waals surface area contributed by atoms with Gasteiger partial charge in [0.05, 0.1) is 7.11 Å². The van der Waals surface area contributed by atoms with Crippen LogP contribution in [0.1, 0.15) is 43.6 Å². The van der Waals surface area contributed by atoms with Gasteiger partial charge in [0.25, 0.3) is 0 Å². The Balaban J connectivity index is 1.53. The zero-order valence-corrected chi connectivity index (χ0v) is 15.1. The number of rotatable bonds is 5. The lowest BCUT2D eigenvalue weighted by molar-refractivity contribution is -0.132. The van der Waals surface area contributed by atoms with E-state index in [1.54, 1.807) is 4.90 Å². The fourth-order valence-electron chi connectivity index (χ4n) is 3.73. The predicted octanol–water partition coefficient (Wildman–Crippen LogP) is 2.12. The molecule has 0 aliphatic carbocycles. The van der Waals surface area contributed by atoms with E-state index in [2.05, 4.69) is 5.32 Å². The Hall–Kier alpha value is -2.51. The lowest BCUT2D eigenvalue weighted by atomic mass is 9.89. The fraction of sp³-hybridized carbons (Fsp3) is 0.526. The fourth-order valence-corrected chi connectivity index (χ4v) is 3.73. The molecular formula is C19H22F2N2O4. The summed E-state index contributed by atoms with van der Waals surface area (Å²) in [5, 5.41) is 2.24. The number of likely N-dealkylation sites (tertiary alicyclic amines) is 1. The Labute approximate surface area is 155 Å². The third kappa shape index (κ3) is 4.26. The van der Waals surface area contributed by atoms with Crippen LogP contribution in [0.25, 0.3) is 0 Å². The van der Waals surface area contributed by atoms with E-state index >= 15 is 0 Å². The summed E-state index contributed by atoms with van der Waals surface area (Å²) in [5.41, 5.74) is 0.666. The number of carbonyl (C=O) groups is 3. The summed E-state index contributed by atoms with van der Waals surface area (Å²) in [6, 6.07) is 2.70. The average molecular weight is 380 g/mol. The molecule has 1 aromatic rings. The Bertz CT molecular complexity index is 760. The molecule has 0 unspecified atom stereocenters. The smallest absolute Gasteiger partial charge is 0.230 e. The van der Waals surface area contributed by atoms with Gasteiger partial charge in [-0.3, -0.25) is 19.7 Å². The van der Waals surface area contributed by atoms with E-state index in [1.165, 1.54) is 19.2 Å². The molecule has 2 heterocycles. The molecule has 0 radical (unpaired) electrons. The summed E-state index contributed by atoms with van der Waals surface area (Å²) >= 11 is 0. The van der Waals surface area contributed by atoms with Gasteiger partial charge in [-0.05, 0) is 42.9 Å². The second-order valence-corrected chi connectivity index (χ2v) is 7.03. The number of imide groups is 1. The van der Waals surface area contributed by atoms with Crippen LogP contribution in [0.3, 0.4) is 0 Å². The molecule has 1 atom stereocenters. The molecule has 1 aromatic carbocycles. The van der Waals surface area contributed by atoms with E-state index in [1.807, 2.05) is 0 Å². The lowest BCUT2D eigenvalue weighted by Gasteiger charge is -2.32. The number of methoxy groups -OCH3 is 1. The summed E-state index contributed by atoms with van der Waals surface area (Å²) < 4.78 is 32.2. The Morgan fingerprint density at radius 2 is 1.96 bits per heavy atom. The third-order valence-corrected chi connectivity index (χ3v) is 5.33. The lowest BCUT2D eigenvalue weighted by Crippen LogP contribution is -2.38. The van der Waals surface area contributed by atoms with E-state index in [0.717, 1.165) is 0 Å². The number of nitrogens with one attached hydrogen (secondary N) is 1. The standard InChI is InChI=1S/C19H22F2N2O4/c1-27-15-9-13(8-14(20)18(15)21)11-4-6-23(7-5-11)17(25)3-2-12-10-16(24)22-19(12)26/h8-9,11-12H,2-7,10H2,1H3,(H,22,24,26)/t12-/m0/s1. The van der Waals surface area contributed by atoms with Crippen LogP contribution in [-0.4, -0.2) is 42.8 Å². The highest BCUT2D eigenvalue weighted by Gasteiger charge is 2.32. The first-order chi connectivity index (χ1) is 12.9. The number of halogens is 2. The summed E-state index contributed by atoms with van der Waals surface area (Å²) in [4.78, 5) is 36.8. The van der Waals surface area contributed by atoms with Crippen molar-refractivity contribution in [1.29, 1.82) is 0 Å². The van der Waals surface area contributed by atoms with Gasteiger partial charge >= 0.3 is 0 Å². The van der Waals surface area contributed by atoms with Crippen LogP contribution in [0.4, 0.5) is 8.78 Å². The molecule has 0 spiro atoms. The number of hydrogen-bond donors (Lipinski definition) is 1. The van der Waals surface area contributed by atoms with Gasteiger partial charge in [-0.25, -0.2) is 4.39 Å². The second kappa shape index (κ2) is 8.02. The molecule has 27 heavy (non-hydrogen) atoms. The Morgan fingerprint density at radius 1 is 1.26 bits per heavy atom. The maximum absolute atomic E-state index is 13.7. The average Bonchev–Trinajstić information content (AvgIpc) is 2.99. The van der Waals surface area contributed by atoms with Crippen LogP contribution in [0.5, 0.6) is 5.75 Å². The molecule has 6 nitrogen and oxygen atoms in total. The number of amides is 3. The van der Waals surface area contributed by atoms with Crippen molar-refractivity contribution in [1.82, 2.24) is 10.2 Å². The summed E-state index contributed by atoms with van der Waals surface area (Å²) in [6.07, 6.45) is 2.00. The third-order valence-electron chi connectivity index (χ3n) is 5.33. The molecule has 146 valence electrons. The van der Waals surface area contributed by atoms with Crippen LogP contribution in [0.2, 0.25) is 0 Å². The molecule has 1 N–H and O–H groups in total. The zero-order valence-electron chi connectivity index (χ0n) is 15.1. The summed E-state index contributed by atoms with van der Waals surface area (Å²) in [5.74, 6) is -3.10. The molecule has 2 saturated heterocycles. The van der Waals surface area contributed by atoms with E-state index in [4.69, 9.17) is 4.74 Å². The van der Waals surface area contributed by atoms with Crippen molar-refractivity contribution in [3.05, 3.63) is 29.3 Å². The highest BCUT2D eigenvalue weighted by molar-refractivity contribution is 6.03. The van der Waals surface area contributed by atoms with Crippen LogP contribution in [-0.2, 0) is 14.4 Å². The van der Waals surface area contributed by atoms with E-state index in [0.29, 0.717) is 37.9 Å². The second-order valence-electron chi connectivity index (χ2n) is 7.03. The van der Waals surface area contributed by atoms with E-state index < -0.39 is 17.6 Å². The van der Waals surface area contributed by atoms with Crippen molar-refractivity contribution in [3.8, 4) is 5.75 Å². The van der Waals surface area contributed by atoms with Gasteiger partial charge in [0.2, 0.25) is 23.5 Å². The maximum atomic E-state index is 13.7. The van der Waals surface area contributed by atoms with Crippen molar-refractivity contribution < 1.29 is 27.9 Å². The largest absolute Gasteiger partial charge is 0.494 e. The minimum absolute atomic E-state index is 0.0243. The molecule has 2 fully saturated rings. The SMILES string of the molecule is COc1cc(C2CCN(C(=O)CC[C@H]3CC(=O)NC3=O)CC2)cc(F)c1F. The quantitative estimate of drug-likeness (QED) is 0.794. The topological polar surface area (TPSA) is 75.7 Å². The van der Waals surface area contributed by atoms with Crippen molar-refractivity contribution in [2.45, 2.75) is 38.0 Å². The van der Waals surface area contributed by atoms with Crippen molar-refractivity contribution in [2.24, 2.45) is 5.92 Å². The normalized spacial score (nSPS) is 20.7. The highest BCUT2D eigenvalue weighted by atomic mass is 19.2. The number of piperidine rings is 1. The van der Waals surface area contributed by atoms with Crippen molar-refractivity contribution in [2.75, 3.05) is 20.2 Å². The first kappa shape index (κ1) is 19.3. The van der Waals surface area contributed by atoms with Crippen LogP contribution >= 0.6 is 0 Å². The minimum Gasteiger partial charge on any atom is -0.494 e. The van der Waals surface area contributed by atoms with E-state index in [9.17, 15) is 23.2 Å². The van der Waals surface area contributed by atoms with Crippen LogP contribution in [0.15, 0.2) is 12.1 Å². The predicted molar refractivity (Wildman–Crippen MR) is 92.0 cm³/mol. The molecule has 0 saturated carbocycles. The Kier molecular flexibility index (Phi) is 5.72. The van der Waals surface area contributed by atoms with Gasteiger partial charge in [0.1, 0.15) is 0 Å². The van der Waals surface area contributed by atoms with Gasteiger partial charge in [-0.15, -0.1) is 0 Å². The van der Waals surface area contributed by atoms with Crippen LogP contribution in [0, 0.1) is 17.6 Å². The molecule has 0 bridgehead atoms. The molecule has 2 aliphatic heterocycles. The molecule has 3 amide bonds. The van der Waals surface area contributed by atoms with Gasteiger partial charge in [-0.1, -0.05) is 0 Å². The zero-order chi connectivity index (χ0) is 19.6. The highest BCUT2D eigenvalue weighted by Crippen LogP contribution is 2.33. The van der Waals surface area contributed by atoms with Gasteiger partial charge in [-0.2, -0.15) is 4.39 Å². The molecular weight excluding hydrogens is 358 g/mol. The number of benzene rings is 1. The molecule has 3 rings (SSSR count). The van der Waals surface area contributed by atoms with Gasteiger partial charge in [0, 0.05) is 31.8 Å². The number of ether oxygens (including phenoxy) is 1. The summed E-state index contributed by atoms with van der Waals surface area (Å²) in [6.45, 7) is 1.03. The van der Waals surface area contributed by atoms with Gasteiger partial charge < -0.3 is 9.64 Å². The molecule has 8 heteroatoms. The number of hydrogen-bond acceptors (Lipinski definition) is 4. The summed E-state index contributed by atoms with van der Waals surface area (Å²) in [7, 11) is 1.29.